The molecular formula is C20H16N6S2. The highest BCUT2D eigenvalue weighted by atomic mass is 33.1. The number of fused-ring (bicyclic) bond motifs is 2. The maximum atomic E-state index is 4.43. The van der Waals surface area contributed by atoms with Crippen LogP contribution in [0.1, 0.15) is 11.1 Å². The van der Waals surface area contributed by atoms with Gasteiger partial charge in [0.1, 0.15) is 11.0 Å². The molecule has 0 atom stereocenters. The molecule has 2 heterocycles. The third-order valence-electron chi connectivity index (χ3n) is 4.40. The zero-order chi connectivity index (χ0) is 18.8. The van der Waals surface area contributed by atoms with Gasteiger partial charge in [-0.1, -0.05) is 75.8 Å². The maximum absolute atomic E-state index is 4.43. The fourth-order valence-corrected chi connectivity index (χ4v) is 5.48. The van der Waals surface area contributed by atoms with Crippen molar-refractivity contribution < 1.29 is 0 Å². The van der Waals surface area contributed by atoms with Crippen molar-refractivity contribution in [2.45, 2.75) is 11.3 Å². The molecule has 0 spiro atoms. The van der Waals surface area contributed by atoms with Crippen molar-refractivity contribution in [3.05, 3.63) is 84.4 Å². The van der Waals surface area contributed by atoms with Crippen molar-refractivity contribution >= 4 is 43.7 Å². The number of para-hydroxylation sites is 2. The minimum Gasteiger partial charge on any atom is -0.209 e. The van der Waals surface area contributed by atoms with E-state index in [1.54, 1.807) is 21.6 Å². The van der Waals surface area contributed by atoms with E-state index in [0.717, 1.165) is 27.8 Å². The molecule has 5 rings (SSSR count). The van der Waals surface area contributed by atoms with Crippen LogP contribution in [0.2, 0.25) is 0 Å². The van der Waals surface area contributed by atoms with Crippen LogP contribution in [0.15, 0.2) is 78.9 Å². The molecule has 8 heteroatoms. The fraction of sp³-hybridized carbons (Fsp3) is 0.100. The van der Waals surface area contributed by atoms with E-state index < -0.39 is 0 Å². The molecule has 0 radical (unpaired) electrons. The number of hydrogen-bond acceptors (Lipinski definition) is 6. The summed E-state index contributed by atoms with van der Waals surface area (Å²) >= 11 is 0. The standard InChI is InChI=1S/C20H16N6S2/c1-2-8-15(9-3-1)14-27-28-20(25-18-12-6-4-10-16(18)21-23-25)26-19-13-7-5-11-17(19)22-24-26/h1-13,20H,14H2. The first-order chi connectivity index (χ1) is 13.9. The first-order valence-electron chi connectivity index (χ1n) is 8.82. The average Bonchev–Trinajstić information content (AvgIpc) is 3.37. The zero-order valence-electron chi connectivity index (χ0n) is 14.8. The first kappa shape index (κ1) is 17.3. The third kappa shape index (κ3) is 3.25. The van der Waals surface area contributed by atoms with Crippen molar-refractivity contribution in [1.82, 2.24) is 30.0 Å². The lowest BCUT2D eigenvalue weighted by Crippen LogP contribution is -2.17. The van der Waals surface area contributed by atoms with Gasteiger partial charge in [0, 0.05) is 5.75 Å². The number of benzene rings is 3. The Morgan fingerprint density at radius 2 is 1.21 bits per heavy atom. The summed E-state index contributed by atoms with van der Waals surface area (Å²) in [5.41, 5.74) is 4.76. The highest BCUT2D eigenvalue weighted by molar-refractivity contribution is 8.76. The second-order valence-electron chi connectivity index (χ2n) is 6.22. The van der Waals surface area contributed by atoms with Gasteiger partial charge in [-0.05, 0) is 40.6 Å². The highest BCUT2D eigenvalue weighted by Gasteiger charge is 2.22. The summed E-state index contributed by atoms with van der Waals surface area (Å²) in [5.74, 6) is 0.890. The quantitative estimate of drug-likeness (QED) is 0.380. The molecule has 3 aromatic carbocycles. The van der Waals surface area contributed by atoms with Crippen LogP contribution < -0.4 is 0 Å². The molecule has 0 amide bonds. The Hall–Kier alpha value is -2.84. The lowest BCUT2D eigenvalue weighted by molar-refractivity contribution is 0.489. The topological polar surface area (TPSA) is 61.4 Å². The Bertz CT molecular complexity index is 1140. The van der Waals surface area contributed by atoms with Gasteiger partial charge >= 0.3 is 0 Å². The average molecular weight is 405 g/mol. The molecule has 5 aromatic rings. The van der Waals surface area contributed by atoms with E-state index in [1.165, 1.54) is 5.56 Å². The van der Waals surface area contributed by atoms with E-state index in [0.29, 0.717) is 0 Å². The Morgan fingerprint density at radius 1 is 0.679 bits per heavy atom. The molecule has 0 aliphatic carbocycles. The fourth-order valence-electron chi connectivity index (χ4n) is 3.02. The van der Waals surface area contributed by atoms with Crippen LogP contribution in [0.5, 0.6) is 0 Å². The van der Waals surface area contributed by atoms with E-state index >= 15 is 0 Å². The van der Waals surface area contributed by atoms with Crippen LogP contribution in [0.4, 0.5) is 0 Å². The summed E-state index contributed by atoms with van der Waals surface area (Å²) in [7, 11) is 3.47. The van der Waals surface area contributed by atoms with Gasteiger partial charge in [0.05, 0.1) is 11.0 Å². The SMILES string of the molecule is c1ccc(CSSC(n2nnc3ccccc32)n2nnc3ccccc32)cc1. The molecule has 0 saturated carbocycles. The van der Waals surface area contributed by atoms with E-state index in [1.807, 2.05) is 64.0 Å². The van der Waals surface area contributed by atoms with E-state index in [-0.39, 0.29) is 5.50 Å². The molecule has 0 aliphatic rings. The summed E-state index contributed by atoms with van der Waals surface area (Å²) in [6.45, 7) is 0. The van der Waals surface area contributed by atoms with Crippen LogP contribution >= 0.6 is 21.6 Å². The molecule has 0 fully saturated rings. The van der Waals surface area contributed by atoms with Crippen LogP contribution in [-0.4, -0.2) is 30.0 Å². The van der Waals surface area contributed by atoms with Gasteiger partial charge < -0.3 is 0 Å². The number of nitrogens with zero attached hydrogens (tertiary/aromatic N) is 6. The van der Waals surface area contributed by atoms with Crippen molar-refractivity contribution in [3.8, 4) is 0 Å². The highest BCUT2D eigenvalue weighted by Crippen LogP contribution is 2.39. The third-order valence-corrected chi connectivity index (χ3v) is 6.83. The van der Waals surface area contributed by atoms with Gasteiger partial charge in [-0.3, -0.25) is 0 Å². The minimum absolute atomic E-state index is 0.200. The molecular weight excluding hydrogens is 388 g/mol. The Balaban J connectivity index is 1.52. The lowest BCUT2D eigenvalue weighted by Gasteiger charge is -2.17. The largest absolute Gasteiger partial charge is 0.209 e. The maximum Gasteiger partial charge on any atom is 0.204 e. The number of aromatic nitrogens is 6. The van der Waals surface area contributed by atoms with Gasteiger partial charge in [-0.15, -0.1) is 10.2 Å². The molecule has 0 N–H and O–H groups in total. The predicted molar refractivity (Wildman–Crippen MR) is 115 cm³/mol. The van der Waals surface area contributed by atoms with E-state index in [2.05, 4.69) is 44.9 Å². The van der Waals surface area contributed by atoms with Crippen LogP contribution in [-0.2, 0) is 5.75 Å². The van der Waals surface area contributed by atoms with Gasteiger partial charge in [-0.25, -0.2) is 9.36 Å². The lowest BCUT2D eigenvalue weighted by atomic mass is 10.2. The molecule has 0 bridgehead atoms. The van der Waals surface area contributed by atoms with Crippen molar-refractivity contribution in [1.29, 1.82) is 0 Å². The molecule has 28 heavy (non-hydrogen) atoms. The van der Waals surface area contributed by atoms with Gasteiger partial charge in [0.2, 0.25) is 5.50 Å². The van der Waals surface area contributed by atoms with Crippen molar-refractivity contribution in [3.63, 3.8) is 0 Å². The summed E-state index contributed by atoms with van der Waals surface area (Å²) in [5, 5.41) is 17.5. The second-order valence-corrected chi connectivity index (χ2v) is 8.64. The Morgan fingerprint density at radius 3 is 1.82 bits per heavy atom. The van der Waals surface area contributed by atoms with Crippen LogP contribution in [0, 0.1) is 0 Å². The molecule has 0 saturated heterocycles. The van der Waals surface area contributed by atoms with E-state index in [9.17, 15) is 0 Å². The molecule has 138 valence electrons. The summed E-state index contributed by atoms with van der Waals surface area (Å²) in [6.07, 6.45) is 0. The Kier molecular flexibility index (Phi) is 4.72. The molecule has 0 unspecified atom stereocenters. The smallest absolute Gasteiger partial charge is 0.204 e. The normalized spacial score (nSPS) is 11.6. The van der Waals surface area contributed by atoms with Crippen LogP contribution in [0.3, 0.4) is 0 Å². The molecule has 2 aromatic heterocycles. The summed E-state index contributed by atoms with van der Waals surface area (Å²) in [6, 6.07) is 26.4. The van der Waals surface area contributed by atoms with Gasteiger partial charge in [0.25, 0.3) is 0 Å². The molecule has 6 nitrogen and oxygen atoms in total. The monoisotopic (exact) mass is 404 g/mol. The second kappa shape index (κ2) is 7.65. The van der Waals surface area contributed by atoms with Gasteiger partial charge in [0.15, 0.2) is 0 Å². The van der Waals surface area contributed by atoms with E-state index in [4.69, 9.17) is 0 Å². The van der Waals surface area contributed by atoms with Crippen LogP contribution in [0.25, 0.3) is 22.1 Å². The first-order valence-corrected chi connectivity index (χ1v) is 11.2. The Labute approximate surface area is 169 Å². The number of rotatable bonds is 6. The predicted octanol–water partition coefficient (Wildman–Crippen LogP) is 4.76. The number of hydrogen-bond donors (Lipinski definition) is 0. The summed E-state index contributed by atoms with van der Waals surface area (Å²) in [4.78, 5) is 0. The van der Waals surface area contributed by atoms with Gasteiger partial charge in [-0.2, -0.15) is 0 Å². The zero-order valence-corrected chi connectivity index (χ0v) is 16.4. The minimum atomic E-state index is -0.200. The molecule has 0 aliphatic heterocycles. The van der Waals surface area contributed by atoms with Crippen molar-refractivity contribution in [2.24, 2.45) is 0 Å². The van der Waals surface area contributed by atoms with Crippen molar-refractivity contribution in [2.75, 3.05) is 0 Å². The summed E-state index contributed by atoms with van der Waals surface area (Å²) < 4.78 is 3.83.